The van der Waals surface area contributed by atoms with Gasteiger partial charge in [-0.3, -0.25) is 14.1 Å². The van der Waals surface area contributed by atoms with Crippen LogP contribution in [0.2, 0.25) is 0 Å². The van der Waals surface area contributed by atoms with Gasteiger partial charge in [-0.15, -0.1) is 0 Å². The summed E-state index contributed by atoms with van der Waals surface area (Å²) < 4.78 is 53.9. The quantitative estimate of drug-likeness (QED) is 0.0264. The van der Waals surface area contributed by atoms with Crippen LogP contribution in [0, 0.1) is 0 Å². The second-order valence-electron chi connectivity index (χ2n) is 16.1. The topological polar surface area (TPSA) is 186 Å². The van der Waals surface area contributed by atoms with Gasteiger partial charge in [0.25, 0.3) is 10.1 Å². The summed E-state index contributed by atoms with van der Waals surface area (Å²) in [7, 11) is -4.59. The molecule has 0 aromatic rings. The van der Waals surface area contributed by atoms with E-state index < -0.39 is 71.2 Å². The molecule has 0 aromatic carbocycles. The molecule has 0 bridgehead atoms. The highest BCUT2D eigenvalue weighted by Crippen LogP contribution is 2.24. The fraction of sp³-hybridized carbons (Fsp3) is 0.953. The monoisotopic (exact) mass is 823 g/mol. The van der Waals surface area contributed by atoms with Gasteiger partial charge in [-0.25, -0.2) is 0 Å². The number of hydrogen-bond donors (Lipinski definition) is 4. The number of carbonyl (C=O) groups excluding carboxylic acids is 2. The molecule has 56 heavy (non-hydrogen) atoms. The number of carbonyl (C=O) groups is 2. The molecule has 2 unspecified atom stereocenters. The van der Waals surface area contributed by atoms with Crippen LogP contribution in [0.25, 0.3) is 0 Å². The molecular weight excluding hydrogens is 741 g/mol. The van der Waals surface area contributed by atoms with Crippen LogP contribution in [0.3, 0.4) is 0 Å². The van der Waals surface area contributed by atoms with E-state index in [2.05, 4.69) is 13.8 Å². The molecule has 0 aliphatic carbocycles. The zero-order valence-corrected chi connectivity index (χ0v) is 36.1. The molecule has 0 saturated carbocycles. The van der Waals surface area contributed by atoms with E-state index in [4.69, 9.17) is 18.9 Å². The first kappa shape index (κ1) is 52.7. The Morgan fingerprint density at radius 3 is 1.30 bits per heavy atom. The van der Waals surface area contributed by atoms with Gasteiger partial charge in [0.2, 0.25) is 0 Å². The molecule has 0 radical (unpaired) electrons. The second kappa shape index (κ2) is 34.5. The standard InChI is InChI=1S/C43H82O12S/c1-3-5-7-9-11-13-14-15-16-17-18-19-20-21-22-24-26-28-30-32-39(45)54-36(33-52-38(44)31-29-27-25-23-12-10-8-6-4-2)34-53-43-42(48)41(47)40(46)37(55-43)35-56(49,50)51/h36-37,40-43,46-48H,3-35H2,1-2H3,(H,49,50,51)/t36-,37-,40-,41?,42?,43+/m1/s1. The lowest BCUT2D eigenvalue weighted by Gasteiger charge is -2.40. The van der Waals surface area contributed by atoms with Crippen molar-refractivity contribution in [2.45, 2.75) is 243 Å². The van der Waals surface area contributed by atoms with Crippen molar-refractivity contribution in [3.63, 3.8) is 0 Å². The molecule has 1 heterocycles. The van der Waals surface area contributed by atoms with Crippen LogP contribution >= 0.6 is 0 Å². The van der Waals surface area contributed by atoms with Gasteiger partial charge in [0.15, 0.2) is 12.4 Å². The highest BCUT2D eigenvalue weighted by atomic mass is 32.2. The molecule has 13 heteroatoms. The Kier molecular flexibility index (Phi) is 32.5. The van der Waals surface area contributed by atoms with E-state index in [0.29, 0.717) is 12.8 Å². The number of aliphatic hydroxyl groups is 3. The van der Waals surface area contributed by atoms with Crippen LogP contribution < -0.4 is 0 Å². The highest BCUT2D eigenvalue weighted by Gasteiger charge is 2.46. The fourth-order valence-electron chi connectivity index (χ4n) is 7.15. The Morgan fingerprint density at radius 1 is 0.536 bits per heavy atom. The molecule has 0 amide bonds. The fourth-order valence-corrected chi connectivity index (χ4v) is 7.84. The maximum Gasteiger partial charge on any atom is 0.306 e. The molecule has 1 fully saturated rings. The van der Waals surface area contributed by atoms with Crippen molar-refractivity contribution < 1.29 is 56.8 Å². The van der Waals surface area contributed by atoms with E-state index in [-0.39, 0.29) is 19.4 Å². The zero-order chi connectivity index (χ0) is 41.3. The lowest BCUT2D eigenvalue weighted by molar-refractivity contribution is -0.297. The third-order valence-corrected chi connectivity index (χ3v) is 11.4. The van der Waals surface area contributed by atoms with Crippen molar-refractivity contribution >= 4 is 22.1 Å². The predicted octanol–water partition coefficient (Wildman–Crippen LogP) is 8.90. The minimum Gasteiger partial charge on any atom is -0.462 e. The third kappa shape index (κ3) is 29.0. The Hall–Kier alpha value is -1.35. The molecule has 332 valence electrons. The van der Waals surface area contributed by atoms with E-state index in [1.54, 1.807) is 0 Å². The van der Waals surface area contributed by atoms with Crippen molar-refractivity contribution in [1.29, 1.82) is 0 Å². The first-order valence-electron chi connectivity index (χ1n) is 22.6. The number of ether oxygens (including phenoxy) is 4. The van der Waals surface area contributed by atoms with Gasteiger partial charge < -0.3 is 34.3 Å². The highest BCUT2D eigenvalue weighted by molar-refractivity contribution is 7.85. The van der Waals surface area contributed by atoms with Crippen molar-refractivity contribution in [2.75, 3.05) is 19.0 Å². The van der Waals surface area contributed by atoms with E-state index >= 15 is 0 Å². The summed E-state index contributed by atoms with van der Waals surface area (Å²) in [6.45, 7) is 3.75. The van der Waals surface area contributed by atoms with E-state index in [1.807, 2.05) is 0 Å². The first-order valence-corrected chi connectivity index (χ1v) is 24.2. The molecule has 12 nitrogen and oxygen atoms in total. The SMILES string of the molecule is CCCCCCCCCCCCCCCCCCCCCC(=O)O[C@H](COC(=O)CCCCCCCCCCC)CO[C@H]1O[C@H](CS(=O)(=O)O)[C@@H](O)C(O)C1O. The molecule has 1 aliphatic heterocycles. The van der Waals surface area contributed by atoms with Gasteiger partial charge in [0.05, 0.1) is 6.61 Å². The lowest BCUT2D eigenvalue weighted by Crippen LogP contribution is -2.60. The predicted molar refractivity (Wildman–Crippen MR) is 220 cm³/mol. The number of esters is 2. The summed E-state index contributed by atoms with van der Waals surface area (Å²) in [5.74, 6) is -1.97. The minimum absolute atomic E-state index is 0.172. The van der Waals surface area contributed by atoms with Crippen LogP contribution in [0.4, 0.5) is 0 Å². The maximum atomic E-state index is 12.8. The average molecular weight is 823 g/mol. The Balaban J connectivity index is 2.38. The maximum absolute atomic E-state index is 12.8. The molecule has 4 N–H and O–H groups in total. The summed E-state index contributed by atoms with van der Waals surface area (Å²) in [6.07, 6.45) is 24.5. The summed E-state index contributed by atoms with van der Waals surface area (Å²) in [5.41, 5.74) is 0. The van der Waals surface area contributed by atoms with Crippen LogP contribution in [-0.2, 0) is 38.7 Å². The Bertz CT molecular complexity index is 1060. The van der Waals surface area contributed by atoms with Gasteiger partial charge in [0.1, 0.15) is 36.8 Å². The summed E-state index contributed by atoms with van der Waals surface area (Å²) >= 11 is 0. The van der Waals surface area contributed by atoms with Crippen molar-refractivity contribution in [1.82, 2.24) is 0 Å². The number of rotatable bonds is 38. The first-order chi connectivity index (χ1) is 27.0. The van der Waals surface area contributed by atoms with E-state index in [0.717, 1.165) is 38.5 Å². The van der Waals surface area contributed by atoms with Crippen molar-refractivity contribution in [2.24, 2.45) is 0 Å². The average Bonchev–Trinajstić information content (AvgIpc) is 3.16. The van der Waals surface area contributed by atoms with Crippen LogP contribution in [-0.4, -0.2) is 96.0 Å². The lowest BCUT2D eigenvalue weighted by atomic mass is 10.00. The van der Waals surface area contributed by atoms with Crippen molar-refractivity contribution in [3.8, 4) is 0 Å². The van der Waals surface area contributed by atoms with Gasteiger partial charge in [0, 0.05) is 12.8 Å². The molecule has 1 aliphatic rings. The molecule has 1 saturated heterocycles. The van der Waals surface area contributed by atoms with Crippen LogP contribution in [0.1, 0.15) is 206 Å². The second-order valence-corrected chi connectivity index (χ2v) is 17.6. The van der Waals surface area contributed by atoms with Crippen molar-refractivity contribution in [3.05, 3.63) is 0 Å². The Morgan fingerprint density at radius 2 is 0.911 bits per heavy atom. The summed E-state index contributed by atoms with van der Waals surface area (Å²) in [5, 5.41) is 30.8. The number of aliphatic hydroxyl groups excluding tert-OH is 3. The number of hydrogen-bond acceptors (Lipinski definition) is 11. The van der Waals surface area contributed by atoms with Gasteiger partial charge in [-0.2, -0.15) is 8.42 Å². The molecule has 0 aromatic heterocycles. The minimum atomic E-state index is -4.59. The number of unbranched alkanes of at least 4 members (excludes halogenated alkanes) is 26. The molecule has 6 atom stereocenters. The Labute approximate surface area is 340 Å². The largest absolute Gasteiger partial charge is 0.462 e. The zero-order valence-electron chi connectivity index (χ0n) is 35.3. The van der Waals surface area contributed by atoms with Crippen LogP contribution in [0.5, 0.6) is 0 Å². The smallest absolute Gasteiger partial charge is 0.306 e. The molecule has 0 spiro atoms. The van der Waals surface area contributed by atoms with Gasteiger partial charge in [-0.1, -0.05) is 181 Å². The van der Waals surface area contributed by atoms with E-state index in [1.165, 1.54) is 128 Å². The normalized spacial score (nSPS) is 20.6. The van der Waals surface area contributed by atoms with Crippen LogP contribution in [0.15, 0.2) is 0 Å². The molecule has 1 rings (SSSR count). The summed E-state index contributed by atoms with van der Waals surface area (Å²) in [6, 6.07) is 0. The van der Waals surface area contributed by atoms with Gasteiger partial charge >= 0.3 is 11.9 Å². The van der Waals surface area contributed by atoms with E-state index in [9.17, 15) is 37.9 Å². The summed E-state index contributed by atoms with van der Waals surface area (Å²) in [4.78, 5) is 25.3. The van der Waals surface area contributed by atoms with Gasteiger partial charge in [-0.05, 0) is 12.8 Å². The molecular formula is C43H82O12S. The third-order valence-electron chi connectivity index (χ3n) is 10.7.